The Morgan fingerprint density at radius 1 is 1.10 bits per heavy atom. The van der Waals surface area contributed by atoms with Gasteiger partial charge in [0.15, 0.2) is 0 Å². The van der Waals surface area contributed by atoms with E-state index in [0.29, 0.717) is 13.1 Å². The molecule has 1 heterocycles. The average Bonchev–Trinajstić information content (AvgIpc) is 1.82. The van der Waals surface area contributed by atoms with Gasteiger partial charge in [-0.2, -0.15) is 0 Å². The third-order valence-electron chi connectivity index (χ3n) is 1.79. The predicted molar refractivity (Wildman–Crippen MR) is 35.5 cm³/mol. The highest BCUT2D eigenvalue weighted by atomic mass is 16.4. The first-order valence-electron chi connectivity index (χ1n) is 3.34. The minimum atomic E-state index is -0.976. The maximum atomic E-state index is 9.07. The normalized spacial score (nSPS) is 43.8. The van der Waals surface area contributed by atoms with E-state index in [-0.39, 0.29) is 0 Å². The molecule has 0 aromatic carbocycles. The highest BCUT2D eigenvalue weighted by molar-refractivity contribution is 4.84. The third kappa shape index (κ3) is 1.46. The number of nitrogens with zero attached hydrogens (tertiary/aromatic N) is 1. The second-order valence-corrected chi connectivity index (χ2v) is 2.85. The van der Waals surface area contributed by atoms with Crippen LogP contribution < -0.4 is 0 Å². The van der Waals surface area contributed by atoms with Crippen LogP contribution in [0.4, 0.5) is 0 Å². The molecule has 10 heavy (non-hydrogen) atoms. The summed E-state index contributed by atoms with van der Waals surface area (Å²) in [6.45, 7) is 0.858. The van der Waals surface area contributed by atoms with Crippen molar-refractivity contribution < 1.29 is 15.3 Å². The summed E-state index contributed by atoms with van der Waals surface area (Å²) in [5.41, 5.74) is 0. The van der Waals surface area contributed by atoms with Gasteiger partial charge in [0.2, 0.25) is 0 Å². The van der Waals surface area contributed by atoms with E-state index in [9.17, 15) is 0 Å². The molecule has 1 aliphatic heterocycles. The van der Waals surface area contributed by atoms with Gasteiger partial charge in [-0.25, -0.2) is 0 Å². The molecule has 1 fully saturated rings. The van der Waals surface area contributed by atoms with Gasteiger partial charge in [-0.05, 0) is 7.05 Å². The Kier molecular flexibility index (Phi) is 2.25. The van der Waals surface area contributed by atoms with Gasteiger partial charge in [-0.3, -0.25) is 0 Å². The fourth-order valence-corrected chi connectivity index (χ4v) is 1.19. The van der Waals surface area contributed by atoms with Crippen molar-refractivity contribution in [2.45, 2.75) is 18.3 Å². The second kappa shape index (κ2) is 2.84. The maximum absolute atomic E-state index is 9.07. The van der Waals surface area contributed by atoms with Crippen LogP contribution in [0.3, 0.4) is 0 Å². The quantitative estimate of drug-likeness (QED) is 0.371. The van der Waals surface area contributed by atoms with E-state index < -0.39 is 18.3 Å². The molecule has 0 amide bonds. The number of hydrogen-bond acceptors (Lipinski definition) is 4. The molecule has 0 bridgehead atoms. The van der Waals surface area contributed by atoms with Crippen LogP contribution in [0.1, 0.15) is 0 Å². The molecule has 4 nitrogen and oxygen atoms in total. The minimum absolute atomic E-state index is 0.429. The zero-order chi connectivity index (χ0) is 7.72. The lowest BCUT2D eigenvalue weighted by Crippen LogP contribution is -2.53. The highest BCUT2D eigenvalue weighted by Gasteiger charge is 2.31. The summed E-state index contributed by atoms with van der Waals surface area (Å²) in [6.07, 6.45) is -2.60. The van der Waals surface area contributed by atoms with Gasteiger partial charge in [-0.1, -0.05) is 0 Å². The van der Waals surface area contributed by atoms with Crippen LogP contribution in [-0.4, -0.2) is 58.7 Å². The van der Waals surface area contributed by atoms with Crippen LogP contribution in [0.25, 0.3) is 0 Å². The number of piperidine rings is 1. The molecule has 0 aromatic rings. The van der Waals surface area contributed by atoms with Gasteiger partial charge < -0.3 is 20.2 Å². The summed E-state index contributed by atoms with van der Waals surface area (Å²) in [4.78, 5) is 1.78. The first-order valence-corrected chi connectivity index (χ1v) is 3.34. The van der Waals surface area contributed by atoms with E-state index in [1.807, 2.05) is 0 Å². The number of aliphatic hydroxyl groups is 3. The zero-order valence-electron chi connectivity index (χ0n) is 5.94. The first kappa shape index (κ1) is 7.94. The number of β-amino-alcohol motifs (C(OH)–C–C–N with tert-alkyl or cyclic N) is 2. The molecule has 0 unspecified atom stereocenters. The molecule has 60 valence electrons. The van der Waals surface area contributed by atoms with E-state index in [1.165, 1.54) is 0 Å². The van der Waals surface area contributed by atoms with Gasteiger partial charge in [0.25, 0.3) is 0 Å². The van der Waals surface area contributed by atoms with Crippen LogP contribution in [-0.2, 0) is 0 Å². The molecule has 3 N–H and O–H groups in total. The number of likely N-dealkylation sites (N-methyl/N-ethyl adjacent to an activating group) is 1. The molecule has 0 spiro atoms. The Morgan fingerprint density at radius 3 is 1.90 bits per heavy atom. The van der Waals surface area contributed by atoms with Crippen molar-refractivity contribution in [2.24, 2.45) is 0 Å². The Labute approximate surface area is 59.7 Å². The molecule has 3 atom stereocenters. The van der Waals surface area contributed by atoms with Crippen LogP contribution >= 0.6 is 0 Å². The SMILES string of the molecule is CN1C[C@@H](O)[C@H](O)[C@@H](O)C1. The van der Waals surface area contributed by atoms with Crippen LogP contribution in [0.2, 0.25) is 0 Å². The molecular formula is C6H13NO3. The summed E-state index contributed by atoms with van der Waals surface area (Å²) in [6, 6.07) is 0. The first-order chi connectivity index (χ1) is 4.61. The lowest BCUT2D eigenvalue weighted by molar-refractivity contribution is -0.104. The lowest BCUT2D eigenvalue weighted by Gasteiger charge is -2.34. The van der Waals surface area contributed by atoms with Crippen LogP contribution in [0, 0.1) is 0 Å². The van der Waals surface area contributed by atoms with E-state index in [2.05, 4.69) is 0 Å². The summed E-state index contributed by atoms with van der Waals surface area (Å²) >= 11 is 0. The molecule has 0 saturated carbocycles. The Morgan fingerprint density at radius 2 is 1.50 bits per heavy atom. The number of hydrogen-bond donors (Lipinski definition) is 3. The largest absolute Gasteiger partial charge is 0.389 e. The van der Waals surface area contributed by atoms with Crippen molar-refractivity contribution in [1.82, 2.24) is 4.90 Å². The molecule has 1 rings (SSSR count). The standard InChI is InChI=1S/C6H13NO3/c1-7-2-4(8)6(10)5(9)3-7/h4-6,8-10H,2-3H2,1H3/t4-,5+,6+. The summed E-state index contributed by atoms with van der Waals surface area (Å²) in [5.74, 6) is 0. The van der Waals surface area contributed by atoms with E-state index >= 15 is 0 Å². The zero-order valence-corrected chi connectivity index (χ0v) is 5.94. The number of likely N-dealkylation sites (tertiary alicyclic amines) is 1. The van der Waals surface area contributed by atoms with Gasteiger partial charge in [0.05, 0.1) is 12.2 Å². The lowest BCUT2D eigenvalue weighted by atomic mass is 10.0. The third-order valence-corrected chi connectivity index (χ3v) is 1.79. The predicted octanol–water partition coefficient (Wildman–Crippen LogP) is -1.99. The average molecular weight is 147 g/mol. The number of aliphatic hydroxyl groups excluding tert-OH is 3. The van der Waals surface area contributed by atoms with Gasteiger partial charge in [0, 0.05) is 13.1 Å². The minimum Gasteiger partial charge on any atom is -0.389 e. The molecule has 1 saturated heterocycles. The van der Waals surface area contributed by atoms with Gasteiger partial charge in [0.1, 0.15) is 6.10 Å². The molecule has 4 heteroatoms. The molecule has 0 aromatic heterocycles. The van der Waals surface area contributed by atoms with E-state index in [4.69, 9.17) is 15.3 Å². The van der Waals surface area contributed by atoms with Crippen molar-refractivity contribution in [3.8, 4) is 0 Å². The van der Waals surface area contributed by atoms with E-state index in [1.54, 1.807) is 11.9 Å². The van der Waals surface area contributed by atoms with Crippen LogP contribution in [0.5, 0.6) is 0 Å². The fraction of sp³-hybridized carbons (Fsp3) is 1.00. The Hall–Kier alpha value is -0.160. The Bertz CT molecular complexity index is 108. The summed E-state index contributed by atoms with van der Waals surface area (Å²) in [5, 5.41) is 27.2. The molecule has 1 aliphatic rings. The molecular weight excluding hydrogens is 134 g/mol. The number of rotatable bonds is 0. The van der Waals surface area contributed by atoms with Crippen molar-refractivity contribution in [2.75, 3.05) is 20.1 Å². The van der Waals surface area contributed by atoms with E-state index in [0.717, 1.165) is 0 Å². The van der Waals surface area contributed by atoms with Gasteiger partial charge >= 0.3 is 0 Å². The Balaban J connectivity index is 2.49. The second-order valence-electron chi connectivity index (χ2n) is 2.85. The van der Waals surface area contributed by atoms with Crippen molar-refractivity contribution in [3.63, 3.8) is 0 Å². The van der Waals surface area contributed by atoms with Crippen LogP contribution in [0.15, 0.2) is 0 Å². The molecule has 0 aliphatic carbocycles. The van der Waals surface area contributed by atoms with Crippen molar-refractivity contribution in [1.29, 1.82) is 0 Å². The molecule has 0 radical (unpaired) electrons. The summed E-state index contributed by atoms with van der Waals surface area (Å²) < 4.78 is 0. The monoisotopic (exact) mass is 147 g/mol. The topological polar surface area (TPSA) is 63.9 Å². The summed E-state index contributed by atoms with van der Waals surface area (Å²) in [7, 11) is 1.79. The van der Waals surface area contributed by atoms with Crippen molar-refractivity contribution in [3.05, 3.63) is 0 Å². The highest BCUT2D eigenvalue weighted by Crippen LogP contribution is 2.09. The van der Waals surface area contributed by atoms with Crippen molar-refractivity contribution >= 4 is 0 Å². The van der Waals surface area contributed by atoms with Gasteiger partial charge in [-0.15, -0.1) is 0 Å². The fourth-order valence-electron chi connectivity index (χ4n) is 1.19. The smallest absolute Gasteiger partial charge is 0.108 e. The maximum Gasteiger partial charge on any atom is 0.108 e.